The second-order valence-corrected chi connectivity index (χ2v) is 10.9. The molecule has 36 heavy (non-hydrogen) atoms. The van der Waals surface area contributed by atoms with Crippen molar-refractivity contribution in [2.24, 2.45) is 0 Å². The largest absolute Gasteiger partial charge is 1.00 e. The van der Waals surface area contributed by atoms with Crippen molar-refractivity contribution in [1.82, 2.24) is 30.4 Å². The van der Waals surface area contributed by atoms with Gasteiger partial charge in [0.1, 0.15) is 17.1 Å². The van der Waals surface area contributed by atoms with Gasteiger partial charge in [0, 0.05) is 11.5 Å². The van der Waals surface area contributed by atoms with Gasteiger partial charge in [-0.2, -0.15) is 8.42 Å². The maximum Gasteiger partial charge on any atom is 1.00 e. The van der Waals surface area contributed by atoms with Crippen LogP contribution in [0, 0.1) is 0 Å². The third kappa shape index (κ3) is 6.10. The molecule has 0 aliphatic carbocycles. The molecule has 0 bridgehead atoms. The van der Waals surface area contributed by atoms with E-state index in [1.165, 1.54) is 11.8 Å². The van der Waals surface area contributed by atoms with Gasteiger partial charge in [0.05, 0.1) is 0 Å². The third-order valence-electron chi connectivity index (χ3n) is 5.07. The Bertz CT molecular complexity index is 1310. The molecule has 0 unspecified atom stereocenters. The normalized spacial score (nSPS) is 20.2. The molecule has 2 aliphatic heterocycles. The fraction of sp³-hybridized carbons (Fsp3) is 0.333. The number of carboxylic acids is 1. The number of benzene rings is 1. The Labute approximate surface area is 236 Å². The Kier molecular flexibility index (Phi) is 9.20. The molecule has 4 rings (SSSR count). The van der Waals surface area contributed by atoms with Gasteiger partial charge in [-0.15, -0.1) is 16.9 Å². The standard InChI is InChI=1S/C18H18N6O8S3.Na.H/c25-13(9-4-2-1-3-5-9)14(26)19-11-15(27)24-12(17(28)29)10(6-33-16(11)24)7-34-18-20-21-22-23(18)8-35(30,31)32;;/h1-5,11,13,16,25H,6-8H2,(H,19,26)(H,28,29)(H,30,31,32);;/q;+1;-1/t11-,13-,16-;;/m1../s1. The zero-order valence-electron chi connectivity index (χ0n) is 19.6. The molecule has 1 aromatic carbocycles. The van der Waals surface area contributed by atoms with Crippen molar-refractivity contribution < 1.29 is 68.6 Å². The summed E-state index contributed by atoms with van der Waals surface area (Å²) in [4.78, 5) is 38.3. The number of nitrogens with one attached hydrogen (secondary N) is 1. The first-order valence-electron chi connectivity index (χ1n) is 9.84. The summed E-state index contributed by atoms with van der Waals surface area (Å²) in [5, 5.41) is 32.4. The van der Waals surface area contributed by atoms with Gasteiger partial charge < -0.3 is 17.0 Å². The van der Waals surface area contributed by atoms with E-state index in [2.05, 4.69) is 20.8 Å². The first-order chi connectivity index (χ1) is 16.6. The van der Waals surface area contributed by atoms with Crippen molar-refractivity contribution in [3.8, 4) is 0 Å². The van der Waals surface area contributed by atoms with E-state index >= 15 is 0 Å². The molecule has 0 spiro atoms. The zero-order chi connectivity index (χ0) is 25.3. The summed E-state index contributed by atoms with van der Waals surface area (Å²) in [6.45, 7) is 0. The van der Waals surface area contributed by atoms with Crippen LogP contribution in [0.3, 0.4) is 0 Å². The van der Waals surface area contributed by atoms with Gasteiger partial charge in [-0.05, 0) is 21.6 Å². The maximum absolute atomic E-state index is 12.8. The van der Waals surface area contributed by atoms with Gasteiger partial charge in [-0.1, -0.05) is 42.1 Å². The van der Waals surface area contributed by atoms with E-state index in [1.54, 1.807) is 30.3 Å². The van der Waals surface area contributed by atoms with Gasteiger partial charge in [0.15, 0.2) is 12.0 Å². The Balaban J connectivity index is 0.00000241. The average molecular weight is 567 g/mol. The molecule has 0 saturated carbocycles. The molecule has 14 nitrogen and oxygen atoms in total. The molecule has 18 heteroatoms. The van der Waals surface area contributed by atoms with Crippen LogP contribution in [0.5, 0.6) is 0 Å². The molecule has 1 aromatic heterocycles. The fourth-order valence-electron chi connectivity index (χ4n) is 3.50. The van der Waals surface area contributed by atoms with Crippen LogP contribution in [0.25, 0.3) is 0 Å². The molecular weight excluding hydrogens is 547 g/mol. The number of hydrogen-bond acceptors (Lipinski definition) is 11. The zero-order valence-corrected chi connectivity index (χ0v) is 23.0. The van der Waals surface area contributed by atoms with Crippen molar-refractivity contribution in [2.75, 3.05) is 11.5 Å². The van der Waals surface area contributed by atoms with Crippen LogP contribution in [-0.4, -0.2) is 89.0 Å². The molecule has 2 amide bonds. The Morgan fingerprint density at radius 3 is 2.64 bits per heavy atom. The summed E-state index contributed by atoms with van der Waals surface area (Å²) in [7, 11) is -4.40. The molecule has 4 N–H and O–H groups in total. The number of fused-ring (bicyclic) bond motifs is 1. The number of β-lactam (4-membered cyclic amide) rings is 1. The minimum atomic E-state index is -4.40. The fourth-order valence-corrected chi connectivity index (χ4v) is 6.43. The van der Waals surface area contributed by atoms with Gasteiger partial charge in [0.2, 0.25) is 5.16 Å². The third-order valence-corrected chi connectivity index (χ3v) is 8.03. The number of aliphatic carboxylic acids is 1. The van der Waals surface area contributed by atoms with Crippen LogP contribution in [-0.2, 0) is 30.4 Å². The van der Waals surface area contributed by atoms with Crippen LogP contribution in [0.15, 0.2) is 46.8 Å². The number of carboxylic acid groups (broad SMARTS) is 1. The van der Waals surface area contributed by atoms with Crippen LogP contribution in [0.2, 0.25) is 0 Å². The molecule has 188 valence electrons. The van der Waals surface area contributed by atoms with Crippen molar-refractivity contribution in [3.63, 3.8) is 0 Å². The van der Waals surface area contributed by atoms with E-state index in [1.807, 2.05) is 0 Å². The quantitative estimate of drug-likeness (QED) is 0.0996. The molecule has 3 atom stereocenters. The van der Waals surface area contributed by atoms with E-state index in [0.29, 0.717) is 11.1 Å². The second kappa shape index (κ2) is 11.6. The summed E-state index contributed by atoms with van der Waals surface area (Å²) in [5.74, 6) is -3.39. The second-order valence-electron chi connectivity index (χ2n) is 7.43. The number of nitrogens with zero attached hydrogens (tertiary/aromatic N) is 5. The molecular formula is C18H19N6NaO8S3. The van der Waals surface area contributed by atoms with E-state index in [-0.39, 0.29) is 53.3 Å². The van der Waals surface area contributed by atoms with Crippen molar-refractivity contribution in [2.45, 2.75) is 28.6 Å². The molecule has 2 aliphatic rings. The summed E-state index contributed by atoms with van der Waals surface area (Å²) in [5.41, 5.74) is 0.480. The van der Waals surface area contributed by atoms with Crippen molar-refractivity contribution in [1.29, 1.82) is 0 Å². The Hall–Kier alpha value is -1.99. The number of tetrazole rings is 1. The smallest absolute Gasteiger partial charge is 1.00 e. The molecule has 3 heterocycles. The van der Waals surface area contributed by atoms with E-state index in [9.17, 15) is 33.0 Å². The number of carbonyl (C=O) groups excluding carboxylic acids is 2. The number of rotatable bonds is 9. The minimum Gasteiger partial charge on any atom is -1.00 e. The predicted molar refractivity (Wildman–Crippen MR) is 122 cm³/mol. The monoisotopic (exact) mass is 566 g/mol. The summed E-state index contributed by atoms with van der Waals surface area (Å²) >= 11 is 2.17. The Morgan fingerprint density at radius 2 is 2.00 bits per heavy atom. The van der Waals surface area contributed by atoms with E-state index < -0.39 is 51.3 Å². The van der Waals surface area contributed by atoms with Crippen LogP contribution in [0.4, 0.5) is 0 Å². The number of amides is 2. The molecule has 1 fully saturated rings. The van der Waals surface area contributed by atoms with Gasteiger partial charge in [0.25, 0.3) is 21.9 Å². The number of carbonyl (C=O) groups is 3. The van der Waals surface area contributed by atoms with Gasteiger partial charge in [-0.25, -0.2) is 9.48 Å². The number of thioether (sulfide) groups is 2. The van der Waals surface area contributed by atoms with Crippen molar-refractivity contribution >= 4 is 51.4 Å². The number of aliphatic hydroxyl groups excluding tert-OH is 1. The van der Waals surface area contributed by atoms with Crippen LogP contribution in [0.1, 0.15) is 13.1 Å². The summed E-state index contributed by atoms with van der Waals surface area (Å²) in [6.07, 6.45) is -1.48. The minimum absolute atomic E-state index is 0. The molecule has 0 radical (unpaired) electrons. The average Bonchev–Trinajstić information content (AvgIpc) is 3.25. The number of aromatic nitrogens is 4. The summed E-state index contributed by atoms with van der Waals surface area (Å²) < 4.78 is 32.0. The first-order valence-corrected chi connectivity index (χ1v) is 13.5. The first kappa shape index (κ1) is 28.6. The van der Waals surface area contributed by atoms with E-state index in [0.717, 1.165) is 21.3 Å². The van der Waals surface area contributed by atoms with E-state index in [4.69, 9.17) is 4.55 Å². The van der Waals surface area contributed by atoms with Crippen molar-refractivity contribution in [3.05, 3.63) is 47.2 Å². The maximum atomic E-state index is 12.8. The van der Waals surface area contributed by atoms with Gasteiger partial charge >= 0.3 is 35.5 Å². The molecule has 1 saturated heterocycles. The topological polar surface area (TPSA) is 205 Å². The predicted octanol–water partition coefficient (Wildman–Crippen LogP) is -3.80. The Morgan fingerprint density at radius 1 is 1.31 bits per heavy atom. The van der Waals surface area contributed by atoms with Crippen LogP contribution >= 0.6 is 23.5 Å². The SMILES string of the molecule is O=C(O)C1=C(CSc2nnnn2CS(=O)(=O)O)CS[C@@H]2[C@H](NC(=O)[C@H](O)c3ccccc3)C(=O)N12.[H-].[Na+]. The number of hydrogen-bond donors (Lipinski definition) is 4. The summed E-state index contributed by atoms with van der Waals surface area (Å²) in [6, 6.07) is 7.17. The molecule has 2 aromatic rings. The van der Waals surface area contributed by atoms with Gasteiger partial charge in [-0.3, -0.25) is 19.0 Å². The van der Waals surface area contributed by atoms with Crippen LogP contribution < -0.4 is 34.9 Å². The number of aliphatic hydroxyl groups is 1.